The maximum atomic E-state index is 5.53. The molecule has 13 heavy (non-hydrogen) atoms. The standard InChI is InChI=1S/C8H15N5/c9-7(10)13-8(11)12-6-4-2-1-3-5-6/h2,4,6H,1,3,5H2,(H6,9,10,11,12,13)/p+1. The molecule has 1 rings (SSSR count). The molecule has 0 spiro atoms. The molecule has 0 aromatic carbocycles. The number of nitrogens with two attached hydrogens (primary N) is 3. The Bertz CT molecular complexity index is 249. The van der Waals surface area contributed by atoms with Gasteiger partial charge < -0.3 is 11.5 Å². The number of hydrogen-bond donors (Lipinski definition) is 4. The highest BCUT2D eigenvalue weighted by atomic mass is 15.1. The first kappa shape index (κ1) is 9.57. The summed E-state index contributed by atoms with van der Waals surface area (Å²) in [5.41, 5.74) is 15.9. The number of allylic oxidation sites excluding steroid dienone is 1. The van der Waals surface area contributed by atoms with E-state index in [2.05, 4.69) is 22.1 Å². The van der Waals surface area contributed by atoms with Crippen molar-refractivity contribution in [3.63, 3.8) is 0 Å². The molecule has 0 amide bonds. The predicted molar refractivity (Wildman–Crippen MR) is 52.7 cm³/mol. The van der Waals surface area contributed by atoms with Crippen LogP contribution in [0.3, 0.4) is 0 Å². The van der Waals surface area contributed by atoms with Crippen molar-refractivity contribution >= 4 is 11.9 Å². The highest BCUT2D eigenvalue weighted by molar-refractivity contribution is 5.89. The smallest absolute Gasteiger partial charge is 0.356 e. The summed E-state index contributed by atoms with van der Waals surface area (Å²) in [6.45, 7) is 0. The van der Waals surface area contributed by atoms with Gasteiger partial charge in [-0.3, -0.25) is 10.7 Å². The largest absolute Gasteiger partial charge is 0.386 e. The molecule has 1 atom stereocenters. The molecule has 0 aliphatic heterocycles. The van der Waals surface area contributed by atoms with E-state index in [1.165, 1.54) is 6.42 Å². The molecular formula is C8H16N5+. The second-order valence-electron chi connectivity index (χ2n) is 3.03. The van der Waals surface area contributed by atoms with Crippen LogP contribution in [-0.2, 0) is 0 Å². The van der Waals surface area contributed by atoms with E-state index >= 15 is 0 Å². The van der Waals surface area contributed by atoms with Crippen LogP contribution in [-0.4, -0.2) is 18.0 Å². The Labute approximate surface area is 77.4 Å². The Morgan fingerprint density at radius 1 is 1.38 bits per heavy atom. The van der Waals surface area contributed by atoms with Gasteiger partial charge in [0, 0.05) is 0 Å². The second kappa shape index (κ2) is 4.49. The molecule has 1 aliphatic carbocycles. The zero-order chi connectivity index (χ0) is 9.68. The maximum Gasteiger partial charge on any atom is 0.386 e. The van der Waals surface area contributed by atoms with Crippen molar-refractivity contribution in [3.05, 3.63) is 12.2 Å². The first-order valence-corrected chi connectivity index (χ1v) is 4.34. The van der Waals surface area contributed by atoms with Gasteiger partial charge in [-0.25, -0.2) is 0 Å². The van der Waals surface area contributed by atoms with Gasteiger partial charge in [0.2, 0.25) is 0 Å². The molecular weight excluding hydrogens is 166 g/mol. The number of hydrogen-bond acceptors (Lipinski definition) is 0. The molecule has 0 saturated carbocycles. The van der Waals surface area contributed by atoms with E-state index in [4.69, 9.17) is 17.2 Å². The third kappa shape index (κ3) is 3.59. The van der Waals surface area contributed by atoms with Crippen molar-refractivity contribution in [1.29, 1.82) is 0 Å². The zero-order valence-corrected chi connectivity index (χ0v) is 7.53. The summed E-state index contributed by atoms with van der Waals surface area (Å²) >= 11 is 0. The van der Waals surface area contributed by atoms with E-state index in [1.54, 1.807) is 0 Å². The molecule has 72 valence electrons. The monoisotopic (exact) mass is 182 g/mol. The lowest BCUT2D eigenvalue weighted by atomic mass is 10.0. The third-order valence-corrected chi connectivity index (χ3v) is 1.84. The molecule has 0 heterocycles. The Balaban J connectivity index is 2.58. The minimum atomic E-state index is -0.0233. The van der Waals surface area contributed by atoms with Gasteiger partial charge in [0.05, 0.1) is 6.04 Å². The van der Waals surface area contributed by atoms with Crippen LogP contribution in [0.4, 0.5) is 0 Å². The van der Waals surface area contributed by atoms with E-state index in [-0.39, 0.29) is 18.0 Å². The highest BCUT2D eigenvalue weighted by Gasteiger charge is 2.09. The minimum Gasteiger partial charge on any atom is -0.356 e. The van der Waals surface area contributed by atoms with Crippen LogP contribution < -0.4 is 22.2 Å². The first-order chi connectivity index (χ1) is 6.18. The van der Waals surface area contributed by atoms with Crippen molar-refractivity contribution in [2.24, 2.45) is 22.2 Å². The molecule has 0 fully saturated rings. The van der Waals surface area contributed by atoms with Crippen LogP contribution in [0, 0.1) is 0 Å². The second-order valence-corrected chi connectivity index (χ2v) is 3.03. The van der Waals surface area contributed by atoms with Crippen LogP contribution in [0.1, 0.15) is 19.3 Å². The number of rotatable bonds is 1. The summed E-state index contributed by atoms with van der Waals surface area (Å²) in [5, 5.41) is 0. The van der Waals surface area contributed by atoms with Crippen LogP contribution in [0.15, 0.2) is 17.1 Å². The summed E-state index contributed by atoms with van der Waals surface area (Å²) < 4.78 is 0. The highest BCUT2D eigenvalue weighted by Crippen LogP contribution is 2.06. The normalized spacial score (nSPS) is 22.8. The maximum absolute atomic E-state index is 5.53. The van der Waals surface area contributed by atoms with E-state index in [1.807, 2.05) is 0 Å². The summed E-state index contributed by atoms with van der Waals surface area (Å²) in [6.07, 6.45) is 7.59. The van der Waals surface area contributed by atoms with E-state index in [9.17, 15) is 0 Å². The van der Waals surface area contributed by atoms with Gasteiger partial charge in [0.1, 0.15) is 0 Å². The topological polar surface area (TPSA) is 104 Å². The zero-order valence-electron chi connectivity index (χ0n) is 7.53. The predicted octanol–water partition coefficient (Wildman–Crippen LogP) is -2.24. The molecule has 0 aromatic heterocycles. The van der Waals surface area contributed by atoms with Gasteiger partial charge in [-0.05, 0) is 24.3 Å². The molecule has 1 aliphatic rings. The number of guanidine groups is 2. The Morgan fingerprint density at radius 2 is 2.15 bits per heavy atom. The lowest BCUT2D eigenvalue weighted by Crippen LogP contribution is -2.81. The van der Waals surface area contributed by atoms with E-state index in [0.717, 1.165) is 12.8 Å². The van der Waals surface area contributed by atoms with Crippen molar-refractivity contribution in [2.45, 2.75) is 25.3 Å². The molecule has 0 radical (unpaired) electrons. The molecule has 7 N–H and O–H groups in total. The van der Waals surface area contributed by atoms with E-state index in [0.29, 0.717) is 0 Å². The summed E-state index contributed by atoms with van der Waals surface area (Å²) in [4.78, 5) is 6.70. The van der Waals surface area contributed by atoms with Crippen LogP contribution >= 0.6 is 0 Å². The SMILES string of the molecule is NC(N)=NC(N)=[NH+]C1C=CCCC1. The summed E-state index contributed by atoms with van der Waals surface area (Å²) in [5.74, 6) is 0.251. The average molecular weight is 182 g/mol. The molecule has 0 aromatic rings. The van der Waals surface area contributed by atoms with Gasteiger partial charge in [-0.2, -0.15) is 0 Å². The fourth-order valence-electron chi connectivity index (χ4n) is 1.29. The van der Waals surface area contributed by atoms with Crippen molar-refractivity contribution in [1.82, 2.24) is 0 Å². The lowest BCUT2D eigenvalue weighted by molar-refractivity contribution is -0.492. The quantitative estimate of drug-likeness (QED) is 0.209. The van der Waals surface area contributed by atoms with Gasteiger partial charge in [-0.15, -0.1) is 0 Å². The van der Waals surface area contributed by atoms with Crippen LogP contribution in [0.5, 0.6) is 0 Å². The van der Waals surface area contributed by atoms with Gasteiger partial charge in [0.15, 0.2) is 0 Å². The number of aliphatic imine (C=N–C) groups is 1. The Kier molecular flexibility index (Phi) is 3.31. The summed E-state index contributed by atoms with van der Waals surface area (Å²) in [6, 6.07) is 0.261. The van der Waals surface area contributed by atoms with Crippen molar-refractivity contribution < 1.29 is 4.99 Å². The molecule has 1 unspecified atom stereocenters. The van der Waals surface area contributed by atoms with Crippen molar-refractivity contribution in [3.8, 4) is 0 Å². The van der Waals surface area contributed by atoms with Gasteiger partial charge in [-0.1, -0.05) is 12.2 Å². The van der Waals surface area contributed by atoms with Crippen LogP contribution in [0.2, 0.25) is 0 Å². The number of nitrogens with zero attached hydrogens (tertiary/aromatic N) is 1. The first-order valence-electron chi connectivity index (χ1n) is 4.34. The third-order valence-electron chi connectivity index (χ3n) is 1.84. The fourth-order valence-corrected chi connectivity index (χ4v) is 1.29. The summed E-state index contributed by atoms with van der Waals surface area (Å²) in [7, 11) is 0. The molecule has 0 saturated heterocycles. The average Bonchev–Trinajstić information content (AvgIpc) is 2.04. The van der Waals surface area contributed by atoms with E-state index < -0.39 is 0 Å². The fraction of sp³-hybridized carbons (Fsp3) is 0.500. The van der Waals surface area contributed by atoms with Gasteiger partial charge >= 0.3 is 5.96 Å². The van der Waals surface area contributed by atoms with Gasteiger partial charge in [0.25, 0.3) is 5.96 Å². The molecule has 5 heteroatoms. The molecule has 5 nitrogen and oxygen atoms in total. The number of nitrogens with one attached hydrogen (secondary N) is 1. The minimum absolute atomic E-state index is 0.0233. The Morgan fingerprint density at radius 3 is 2.69 bits per heavy atom. The van der Waals surface area contributed by atoms with Crippen molar-refractivity contribution in [2.75, 3.05) is 0 Å². The lowest BCUT2D eigenvalue weighted by Gasteiger charge is -2.09. The Hall–Kier alpha value is -1.52. The molecule has 0 bridgehead atoms. The van der Waals surface area contributed by atoms with Crippen LogP contribution in [0.25, 0.3) is 0 Å².